The van der Waals surface area contributed by atoms with Gasteiger partial charge < -0.3 is 10.6 Å². The van der Waals surface area contributed by atoms with E-state index in [1.807, 2.05) is 6.07 Å². The Bertz CT molecular complexity index is 1410. The molecule has 4 rings (SSSR count). The van der Waals surface area contributed by atoms with Crippen LogP contribution in [0.2, 0.25) is 0 Å². The molecule has 0 unspecified atom stereocenters. The number of hydrogen-bond acceptors (Lipinski definition) is 3. The van der Waals surface area contributed by atoms with Crippen LogP contribution in [0.15, 0.2) is 71.5 Å². The molecule has 0 aliphatic heterocycles. The van der Waals surface area contributed by atoms with Gasteiger partial charge in [-0.1, -0.05) is 12.1 Å². The third-order valence-corrected chi connectivity index (χ3v) is 5.13. The van der Waals surface area contributed by atoms with Crippen LogP contribution in [0.5, 0.6) is 0 Å². The van der Waals surface area contributed by atoms with E-state index in [9.17, 15) is 22.8 Å². The van der Waals surface area contributed by atoms with Crippen LogP contribution in [-0.2, 0) is 6.18 Å². The van der Waals surface area contributed by atoms with Gasteiger partial charge in [0.05, 0.1) is 22.2 Å². The summed E-state index contributed by atoms with van der Waals surface area (Å²) in [5, 5.41) is 5.66. The molecule has 2 N–H and O–H groups in total. The monoisotopic (exact) mass is 452 g/mol. The molecular weight excluding hydrogens is 433 g/mol. The minimum atomic E-state index is -4.44. The highest BCUT2D eigenvalue weighted by Gasteiger charge is 2.30. The highest BCUT2D eigenvalue weighted by atomic mass is 19.4. The Morgan fingerprint density at radius 2 is 1.64 bits per heavy atom. The zero-order valence-corrected chi connectivity index (χ0v) is 17.7. The van der Waals surface area contributed by atoms with Crippen molar-refractivity contribution in [1.29, 1.82) is 0 Å². The lowest BCUT2D eigenvalue weighted by Gasteiger charge is -2.14. The molecule has 4 aromatic rings. The largest absolute Gasteiger partial charge is 0.416 e. The second kappa shape index (κ2) is 8.42. The Hall–Kier alpha value is -4.14. The molecule has 2 amide bonds. The molecule has 0 bridgehead atoms. The fourth-order valence-electron chi connectivity index (χ4n) is 3.50. The maximum Gasteiger partial charge on any atom is 0.416 e. The molecule has 9 heteroatoms. The van der Waals surface area contributed by atoms with E-state index in [0.29, 0.717) is 33.7 Å². The molecular formula is C24H19F3N4O2. The lowest BCUT2D eigenvalue weighted by Crippen LogP contribution is -2.23. The van der Waals surface area contributed by atoms with E-state index < -0.39 is 17.8 Å². The lowest BCUT2D eigenvalue weighted by molar-refractivity contribution is -0.137. The summed E-state index contributed by atoms with van der Waals surface area (Å²) in [7, 11) is 0. The topological polar surface area (TPSA) is 76.0 Å². The number of rotatable bonds is 3. The Kier molecular flexibility index (Phi) is 5.63. The number of para-hydroxylation sites is 1. The molecule has 0 aliphatic rings. The number of nitrogens with one attached hydrogen (secondary N) is 2. The van der Waals surface area contributed by atoms with Crippen molar-refractivity contribution in [3.05, 3.63) is 94.0 Å². The number of nitrogens with zero attached hydrogens (tertiary/aromatic N) is 2. The molecule has 168 valence electrons. The van der Waals surface area contributed by atoms with E-state index in [1.54, 1.807) is 50.2 Å². The van der Waals surface area contributed by atoms with Crippen LogP contribution in [0.25, 0.3) is 16.6 Å². The lowest BCUT2D eigenvalue weighted by atomic mass is 10.1. The van der Waals surface area contributed by atoms with E-state index in [4.69, 9.17) is 0 Å². The molecule has 0 radical (unpaired) electrons. The third kappa shape index (κ3) is 4.57. The van der Waals surface area contributed by atoms with Gasteiger partial charge in [-0.25, -0.2) is 9.78 Å². The predicted molar refractivity (Wildman–Crippen MR) is 121 cm³/mol. The van der Waals surface area contributed by atoms with Crippen LogP contribution >= 0.6 is 0 Å². The molecule has 0 spiro atoms. The molecule has 0 saturated carbocycles. The van der Waals surface area contributed by atoms with Crippen LogP contribution in [-0.4, -0.2) is 15.6 Å². The Morgan fingerprint density at radius 1 is 0.939 bits per heavy atom. The molecule has 0 atom stereocenters. The maximum absolute atomic E-state index is 13.0. The number of anilines is 2. The Morgan fingerprint density at radius 3 is 2.30 bits per heavy atom. The molecule has 0 saturated heterocycles. The average Bonchev–Trinajstić information content (AvgIpc) is 2.75. The first-order valence-electron chi connectivity index (χ1n) is 9.98. The average molecular weight is 452 g/mol. The van der Waals surface area contributed by atoms with Crippen molar-refractivity contribution in [3.63, 3.8) is 0 Å². The minimum Gasteiger partial charge on any atom is -0.308 e. The van der Waals surface area contributed by atoms with Crippen LogP contribution in [0.4, 0.5) is 29.3 Å². The Balaban J connectivity index is 1.54. The second-order valence-electron chi connectivity index (χ2n) is 7.47. The first-order valence-corrected chi connectivity index (χ1v) is 9.98. The summed E-state index contributed by atoms with van der Waals surface area (Å²) >= 11 is 0. The number of benzene rings is 3. The summed E-state index contributed by atoms with van der Waals surface area (Å²) in [4.78, 5) is 29.8. The first kappa shape index (κ1) is 22.1. The standard InChI is InChI=1S/C24H19F3N4O2/c1-14-13-18(31-15(2)28-21-6-4-3-5-19(21)22(31)32)11-12-20(14)30-23(33)29-17-9-7-16(8-10-17)24(25,26)27/h3-13H,1-2H3,(H2,29,30,33). The van der Waals surface area contributed by atoms with Crippen LogP contribution in [0.3, 0.4) is 0 Å². The van der Waals surface area contributed by atoms with Gasteiger partial charge in [-0.05, 0) is 74.0 Å². The summed E-state index contributed by atoms with van der Waals surface area (Å²) in [6, 6.07) is 15.7. The number of urea groups is 1. The summed E-state index contributed by atoms with van der Waals surface area (Å²) < 4.78 is 39.5. The van der Waals surface area contributed by atoms with Crippen LogP contribution < -0.4 is 16.2 Å². The van der Waals surface area contributed by atoms with Crippen molar-refractivity contribution in [2.45, 2.75) is 20.0 Å². The smallest absolute Gasteiger partial charge is 0.308 e. The first-order chi connectivity index (χ1) is 15.6. The molecule has 33 heavy (non-hydrogen) atoms. The minimum absolute atomic E-state index is 0.196. The van der Waals surface area contributed by atoms with Crippen molar-refractivity contribution in [3.8, 4) is 5.69 Å². The summed E-state index contributed by atoms with van der Waals surface area (Å²) in [6.07, 6.45) is -4.44. The molecule has 3 aromatic carbocycles. The number of carbonyl (C=O) groups is 1. The fourth-order valence-corrected chi connectivity index (χ4v) is 3.50. The highest BCUT2D eigenvalue weighted by Crippen LogP contribution is 2.30. The number of fused-ring (bicyclic) bond motifs is 1. The maximum atomic E-state index is 13.0. The molecule has 1 aromatic heterocycles. The number of halogens is 3. The van der Waals surface area contributed by atoms with E-state index in [0.717, 1.165) is 12.1 Å². The van der Waals surface area contributed by atoms with E-state index in [1.165, 1.54) is 16.7 Å². The fraction of sp³-hybridized carbons (Fsp3) is 0.125. The van der Waals surface area contributed by atoms with E-state index in [2.05, 4.69) is 15.6 Å². The van der Waals surface area contributed by atoms with E-state index >= 15 is 0 Å². The normalized spacial score (nSPS) is 11.4. The zero-order valence-electron chi connectivity index (χ0n) is 17.7. The van der Waals surface area contributed by atoms with Gasteiger partial charge in [0.15, 0.2) is 0 Å². The number of hydrogen-bond donors (Lipinski definition) is 2. The number of carbonyl (C=O) groups excluding carboxylic acids is 1. The van der Waals surface area contributed by atoms with Gasteiger partial charge in [0.1, 0.15) is 5.82 Å². The van der Waals surface area contributed by atoms with Gasteiger partial charge >= 0.3 is 12.2 Å². The number of amides is 2. The second-order valence-corrected chi connectivity index (χ2v) is 7.47. The molecule has 1 heterocycles. The Labute approximate surface area is 186 Å². The summed E-state index contributed by atoms with van der Waals surface area (Å²) in [6.45, 7) is 3.51. The van der Waals surface area contributed by atoms with Crippen molar-refractivity contribution in [2.75, 3.05) is 10.6 Å². The van der Waals surface area contributed by atoms with Gasteiger partial charge in [-0.2, -0.15) is 13.2 Å². The number of aryl methyl sites for hydroxylation is 2. The van der Waals surface area contributed by atoms with Crippen molar-refractivity contribution in [1.82, 2.24) is 9.55 Å². The van der Waals surface area contributed by atoms with Crippen LogP contribution in [0.1, 0.15) is 17.0 Å². The summed E-state index contributed by atoms with van der Waals surface area (Å²) in [5.41, 5.74) is 1.62. The summed E-state index contributed by atoms with van der Waals surface area (Å²) in [5.74, 6) is 0.527. The van der Waals surface area contributed by atoms with Gasteiger partial charge in [0, 0.05) is 11.4 Å². The molecule has 0 aliphatic carbocycles. The van der Waals surface area contributed by atoms with Crippen molar-refractivity contribution >= 4 is 28.3 Å². The van der Waals surface area contributed by atoms with Crippen molar-refractivity contribution < 1.29 is 18.0 Å². The highest BCUT2D eigenvalue weighted by molar-refractivity contribution is 6.00. The number of aromatic nitrogens is 2. The van der Waals surface area contributed by atoms with Gasteiger partial charge in [0.2, 0.25) is 0 Å². The van der Waals surface area contributed by atoms with Gasteiger partial charge in [-0.3, -0.25) is 9.36 Å². The quantitative estimate of drug-likeness (QED) is 0.421. The number of alkyl halides is 3. The van der Waals surface area contributed by atoms with Gasteiger partial charge in [-0.15, -0.1) is 0 Å². The van der Waals surface area contributed by atoms with Crippen molar-refractivity contribution in [2.24, 2.45) is 0 Å². The zero-order chi connectivity index (χ0) is 23.8. The SMILES string of the molecule is Cc1cc(-n2c(C)nc3ccccc3c2=O)ccc1NC(=O)Nc1ccc(C(F)(F)F)cc1. The predicted octanol–water partition coefficient (Wildman–Crippen LogP) is 5.67. The van der Waals surface area contributed by atoms with Crippen LogP contribution in [0, 0.1) is 13.8 Å². The molecule has 6 nitrogen and oxygen atoms in total. The molecule has 0 fully saturated rings. The third-order valence-electron chi connectivity index (χ3n) is 5.13. The van der Waals surface area contributed by atoms with Gasteiger partial charge in [0.25, 0.3) is 5.56 Å². The van der Waals surface area contributed by atoms with E-state index in [-0.39, 0.29) is 11.2 Å².